The zero-order valence-electron chi connectivity index (χ0n) is 8.14. The van der Waals surface area contributed by atoms with Crippen molar-refractivity contribution in [2.75, 3.05) is 0 Å². The molecule has 1 aliphatic carbocycles. The van der Waals surface area contributed by atoms with Gasteiger partial charge in [0.15, 0.2) is 0 Å². The highest BCUT2D eigenvalue weighted by Gasteiger charge is 2.08. The lowest BCUT2D eigenvalue weighted by molar-refractivity contribution is 0.567. The van der Waals surface area contributed by atoms with Crippen LogP contribution < -0.4 is 0 Å². The number of hydrogen-bond donors (Lipinski definition) is 0. The van der Waals surface area contributed by atoms with Crippen molar-refractivity contribution in [3.8, 4) is 0 Å². The molecule has 0 amide bonds. The number of rotatable bonds is 2. The van der Waals surface area contributed by atoms with E-state index in [9.17, 15) is 0 Å². The van der Waals surface area contributed by atoms with Crippen LogP contribution in [0.3, 0.4) is 0 Å². The second kappa shape index (κ2) is 4.30. The molecule has 0 bridgehead atoms. The molecule has 0 spiro atoms. The van der Waals surface area contributed by atoms with Crippen LogP contribution in [0.15, 0.2) is 36.0 Å². The van der Waals surface area contributed by atoms with E-state index >= 15 is 0 Å². The molecule has 0 unspecified atom stereocenters. The molecule has 0 nitrogen and oxygen atoms in total. The van der Waals surface area contributed by atoms with E-state index in [-0.39, 0.29) is 0 Å². The molecule has 0 aromatic heterocycles. The minimum absolute atomic E-state index is 0.755. The zero-order chi connectivity index (χ0) is 8.97. The SMILES string of the molecule is C=C(C)C=C[C@H]1CC=C(C)CC1. The molecule has 0 saturated carbocycles. The normalized spacial score (nSPS) is 24.2. The van der Waals surface area contributed by atoms with Gasteiger partial charge in [-0.3, -0.25) is 0 Å². The first kappa shape index (κ1) is 9.31. The predicted molar refractivity (Wildman–Crippen MR) is 55.1 cm³/mol. The summed E-state index contributed by atoms with van der Waals surface area (Å²) in [6.07, 6.45) is 10.6. The fourth-order valence-corrected chi connectivity index (χ4v) is 1.46. The highest BCUT2D eigenvalue weighted by molar-refractivity contribution is 5.14. The van der Waals surface area contributed by atoms with E-state index in [0.29, 0.717) is 0 Å². The molecule has 0 aliphatic heterocycles. The third-order valence-electron chi connectivity index (χ3n) is 2.33. The minimum Gasteiger partial charge on any atom is -0.0961 e. The van der Waals surface area contributed by atoms with E-state index in [1.54, 1.807) is 5.57 Å². The van der Waals surface area contributed by atoms with Crippen LogP contribution in [0.4, 0.5) is 0 Å². The lowest BCUT2D eigenvalue weighted by Gasteiger charge is -2.16. The second-order valence-electron chi connectivity index (χ2n) is 3.79. The third-order valence-corrected chi connectivity index (χ3v) is 2.33. The largest absolute Gasteiger partial charge is 0.0961 e. The van der Waals surface area contributed by atoms with E-state index in [0.717, 1.165) is 11.5 Å². The molecule has 12 heavy (non-hydrogen) atoms. The van der Waals surface area contributed by atoms with Gasteiger partial charge in [0.2, 0.25) is 0 Å². The fourth-order valence-electron chi connectivity index (χ4n) is 1.46. The second-order valence-corrected chi connectivity index (χ2v) is 3.79. The van der Waals surface area contributed by atoms with Gasteiger partial charge in [0.25, 0.3) is 0 Å². The molecule has 66 valence electrons. The van der Waals surface area contributed by atoms with Crippen LogP contribution in [-0.4, -0.2) is 0 Å². The van der Waals surface area contributed by atoms with Gasteiger partial charge in [0, 0.05) is 0 Å². The average molecular weight is 162 g/mol. The highest BCUT2D eigenvalue weighted by atomic mass is 14.1. The van der Waals surface area contributed by atoms with Crippen LogP contribution in [0, 0.1) is 5.92 Å². The first-order valence-corrected chi connectivity index (χ1v) is 4.68. The zero-order valence-corrected chi connectivity index (χ0v) is 8.14. The van der Waals surface area contributed by atoms with Crippen LogP contribution in [0.25, 0.3) is 0 Å². The number of hydrogen-bond acceptors (Lipinski definition) is 0. The summed E-state index contributed by atoms with van der Waals surface area (Å²) in [6.45, 7) is 8.12. The smallest absolute Gasteiger partial charge is 0.0193 e. The van der Waals surface area contributed by atoms with E-state index in [1.165, 1.54) is 19.3 Å². The van der Waals surface area contributed by atoms with Gasteiger partial charge in [0.1, 0.15) is 0 Å². The number of allylic oxidation sites excluding steroid dienone is 5. The Morgan fingerprint density at radius 1 is 1.67 bits per heavy atom. The summed E-state index contributed by atoms with van der Waals surface area (Å²) in [5.41, 5.74) is 2.70. The average Bonchev–Trinajstić information content (AvgIpc) is 2.03. The van der Waals surface area contributed by atoms with Crippen LogP contribution in [0.1, 0.15) is 33.1 Å². The Kier molecular flexibility index (Phi) is 3.33. The first-order valence-electron chi connectivity index (χ1n) is 4.68. The lowest BCUT2D eigenvalue weighted by atomic mass is 9.90. The van der Waals surface area contributed by atoms with Crippen molar-refractivity contribution in [2.45, 2.75) is 33.1 Å². The van der Waals surface area contributed by atoms with Gasteiger partial charge in [-0.05, 0) is 39.0 Å². The van der Waals surface area contributed by atoms with E-state index in [2.05, 4.69) is 31.7 Å². The molecule has 1 aliphatic rings. The van der Waals surface area contributed by atoms with Crippen molar-refractivity contribution in [2.24, 2.45) is 5.92 Å². The maximum Gasteiger partial charge on any atom is -0.0193 e. The summed E-state index contributed by atoms with van der Waals surface area (Å²) in [7, 11) is 0. The monoisotopic (exact) mass is 162 g/mol. The Hall–Kier alpha value is -0.780. The van der Waals surface area contributed by atoms with Crippen molar-refractivity contribution in [1.29, 1.82) is 0 Å². The molecule has 0 saturated heterocycles. The van der Waals surface area contributed by atoms with Crippen molar-refractivity contribution < 1.29 is 0 Å². The summed E-state index contributed by atoms with van der Waals surface area (Å²) in [4.78, 5) is 0. The molecule has 0 aromatic carbocycles. The standard InChI is InChI=1S/C12H18/c1-10(2)4-7-12-8-5-11(3)6-9-12/h4-5,7,12H,1,6,8-9H2,2-3H3/t12-/m0/s1. The molecule has 0 heteroatoms. The van der Waals surface area contributed by atoms with Crippen LogP contribution in [-0.2, 0) is 0 Å². The van der Waals surface area contributed by atoms with Gasteiger partial charge in [0.05, 0.1) is 0 Å². The van der Waals surface area contributed by atoms with Crippen molar-refractivity contribution in [3.05, 3.63) is 36.0 Å². The maximum absolute atomic E-state index is 3.85. The molecule has 0 fully saturated rings. The molecule has 0 radical (unpaired) electrons. The van der Waals surface area contributed by atoms with E-state index in [1.807, 2.05) is 6.92 Å². The van der Waals surface area contributed by atoms with Crippen molar-refractivity contribution >= 4 is 0 Å². The van der Waals surface area contributed by atoms with Crippen LogP contribution in [0.5, 0.6) is 0 Å². The molecule has 0 N–H and O–H groups in total. The van der Waals surface area contributed by atoms with Crippen molar-refractivity contribution in [1.82, 2.24) is 0 Å². The Bertz CT molecular complexity index is 218. The summed E-state index contributed by atoms with van der Waals surface area (Å²) in [6, 6.07) is 0. The molecule has 0 aromatic rings. The molecule has 1 rings (SSSR count). The quantitative estimate of drug-likeness (QED) is 0.427. The fraction of sp³-hybridized carbons (Fsp3) is 0.500. The van der Waals surface area contributed by atoms with Gasteiger partial charge in [-0.25, -0.2) is 0 Å². The van der Waals surface area contributed by atoms with Gasteiger partial charge in [-0.15, -0.1) is 0 Å². The van der Waals surface area contributed by atoms with Crippen LogP contribution >= 0.6 is 0 Å². The Morgan fingerprint density at radius 3 is 2.92 bits per heavy atom. The topological polar surface area (TPSA) is 0 Å². The first-order chi connectivity index (χ1) is 5.68. The Balaban J connectivity index is 2.42. The van der Waals surface area contributed by atoms with Gasteiger partial charge in [-0.2, -0.15) is 0 Å². The minimum atomic E-state index is 0.755. The molecular weight excluding hydrogens is 144 g/mol. The summed E-state index contributed by atoms with van der Waals surface area (Å²) in [5.74, 6) is 0.755. The molecular formula is C12H18. The summed E-state index contributed by atoms with van der Waals surface area (Å²) < 4.78 is 0. The third kappa shape index (κ3) is 3.08. The van der Waals surface area contributed by atoms with Crippen LogP contribution in [0.2, 0.25) is 0 Å². The predicted octanol–water partition coefficient (Wildman–Crippen LogP) is 3.87. The van der Waals surface area contributed by atoms with Gasteiger partial charge < -0.3 is 0 Å². The van der Waals surface area contributed by atoms with Crippen molar-refractivity contribution in [3.63, 3.8) is 0 Å². The highest BCUT2D eigenvalue weighted by Crippen LogP contribution is 2.24. The molecule has 1 atom stereocenters. The molecule has 0 heterocycles. The summed E-state index contributed by atoms with van der Waals surface area (Å²) >= 11 is 0. The van der Waals surface area contributed by atoms with Gasteiger partial charge >= 0.3 is 0 Å². The maximum atomic E-state index is 3.85. The Morgan fingerprint density at radius 2 is 2.42 bits per heavy atom. The van der Waals surface area contributed by atoms with E-state index < -0.39 is 0 Å². The lowest BCUT2D eigenvalue weighted by Crippen LogP contribution is -2.01. The summed E-state index contributed by atoms with van der Waals surface area (Å²) in [5, 5.41) is 0. The Labute approximate surface area is 75.7 Å². The van der Waals surface area contributed by atoms with E-state index in [4.69, 9.17) is 0 Å². The van der Waals surface area contributed by atoms with Gasteiger partial charge in [-0.1, -0.05) is 36.0 Å².